The molecule has 2 rings (SSSR count). The molecule has 1 aromatic rings. The average Bonchev–Trinajstić information content (AvgIpc) is 2.60. The number of ether oxygens (including phenoxy) is 2. The number of carbonyl (C=O) groups is 2. The number of carboxylic acids is 2. The second kappa shape index (κ2) is 12.0. The van der Waals surface area contributed by atoms with Gasteiger partial charge in [-0.2, -0.15) is 0 Å². The number of nitro groups is 1. The van der Waals surface area contributed by atoms with E-state index >= 15 is 0 Å². The van der Waals surface area contributed by atoms with Crippen molar-refractivity contribution in [2.24, 2.45) is 0 Å². The predicted molar refractivity (Wildman–Crippen MR) is 104 cm³/mol. The number of unbranched alkanes of at least 4 members (excludes halogenated alkanes) is 1. The van der Waals surface area contributed by atoms with Gasteiger partial charge in [0.05, 0.1) is 23.7 Å². The summed E-state index contributed by atoms with van der Waals surface area (Å²) in [5.74, 6) is -2.95. The number of rotatable bonds is 7. The van der Waals surface area contributed by atoms with E-state index in [1.54, 1.807) is 19.1 Å². The van der Waals surface area contributed by atoms with Gasteiger partial charge in [0.15, 0.2) is 0 Å². The lowest BCUT2D eigenvalue weighted by Crippen LogP contribution is -2.45. The fourth-order valence-electron chi connectivity index (χ4n) is 3.02. The highest BCUT2D eigenvalue weighted by Gasteiger charge is 2.21. The van der Waals surface area contributed by atoms with Crippen molar-refractivity contribution in [2.75, 3.05) is 26.2 Å². The van der Waals surface area contributed by atoms with Crippen molar-refractivity contribution >= 4 is 17.6 Å². The molecule has 29 heavy (non-hydrogen) atoms. The van der Waals surface area contributed by atoms with E-state index in [-0.39, 0.29) is 10.6 Å². The molecule has 2 N–H and O–H groups in total. The van der Waals surface area contributed by atoms with Crippen molar-refractivity contribution in [3.8, 4) is 5.75 Å². The van der Waals surface area contributed by atoms with E-state index in [1.165, 1.54) is 6.07 Å². The van der Waals surface area contributed by atoms with Gasteiger partial charge in [-0.25, -0.2) is 9.59 Å². The molecule has 0 spiro atoms. The minimum absolute atomic E-state index is 0.132. The minimum Gasteiger partial charge on any atom is -0.494 e. The lowest BCUT2D eigenvalue weighted by Gasteiger charge is -2.35. The smallest absolute Gasteiger partial charge is 0.414 e. The van der Waals surface area contributed by atoms with Crippen molar-refractivity contribution in [1.82, 2.24) is 4.90 Å². The molecule has 0 aromatic heterocycles. The van der Waals surface area contributed by atoms with Gasteiger partial charge in [-0.15, -0.1) is 0 Å². The normalized spacial score (nSPS) is 19.0. The van der Waals surface area contributed by atoms with Gasteiger partial charge in [-0.05, 0) is 52.3 Å². The molecule has 10 heteroatoms. The van der Waals surface area contributed by atoms with Crippen molar-refractivity contribution in [1.29, 1.82) is 0 Å². The van der Waals surface area contributed by atoms with Crippen LogP contribution in [0.25, 0.3) is 0 Å². The Bertz CT molecular complexity index is 687. The Kier molecular flexibility index (Phi) is 10.0. The van der Waals surface area contributed by atoms with Crippen molar-refractivity contribution in [3.05, 3.63) is 33.9 Å². The van der Waals surface area contributed by atoms with Crippen molar-refractivity contribution < 1.29 is 34.2 Å². The average molecular weight is 412 g/mol. The number of morpholine rings is 1. The largest absolute Gasteiger partial charge is 0.494 e. The zero-order valence-corrected chi connectivity index (χ0v) is 16.9. The fourth-order valence-corrected chi connectivity index (χ4v) is 3.02. The third-order valence-corrected chi connectivity index (χ3v) is 4.18. The molecule has 1 aliphatic heterocycles. The van der Waals surface area contributed by atoms with Crippen LogP contribution in [-0.4, -0.2) is 70.4 Å². The van der Waals surface area contributed by atoms with E-state index in [9.17, 15) is 10.1 Å². The first-order valence-electron chi connectivity index (χ1n) is 9.32. The van der Waals surface area contributed by atoms with E-state index in [0.717, 1.165) is 32.5 Å². The molecule has 1 fully saturated rings. The molecule has 0 aliphatic carbocycles. The maximum absolute atomic E-state index is 10.8. The maximum Gasteiger partial charge on any atom is 0.414 e. The second-order valence-electron chi connectivity index (χ2n) is 6.89. The second-order valence-corrected chi connectivity index (χ2v) is 6.89. The summed E-state index contributed by atoms with van der Waals surface area (Å²) in [5, 5.41) is 25.6. The van der Waals surface area contributed by atoms with Crippen LogP contribution in [0.15, 0.2) is 18.2 Å². The quantitative estimate of drug-likeness (QED) is 0.299. The van der Waals surface area contributed by atoms with Crippen LogP contribution in [0.5, 0.6) is 5.75 Å². The molecule has 0 radical (unpaired) electrons. The van der Waals surface area contributed by atoms with Crippen LogP contribution >= 0.6 is 0 Å². The summed E-state index contributed by atoms with van der Waals surface area (Å²) in [6, 6.07) is 4.89. The summed E-state index contributed by atoms with van der Waals surface area (Å²) in [6.45, 7) is 9.63. The highest BCUT2D eigenvalue weighted by Crippen LogP contribution is 2.23. The third-order valence-electron chi connectivity index (χ3n) is 4.18. The number of carboxylic acid groups (broad SMARTS) is 2. The summed E-state index contributed by atoms with van der Waals surface area (Å²) < 4.78 is 11.4. The highest BCUT2D eigenvalue weighted by molar-refractivity contribution is 6.27. The van der Waals surface area contributed by atoms with Gasteiger partial charge in [-0.1, -0.05) is 0 Å². The van der Waals surface area contributed by atoms with Crippen LogP contribution in [0.2, 0.25) is 0 Å². The van der Waals surface area contributed by atoms with E-state index in [0.29, 0.717) is 30.1 Å². The number of hydrogen-bond donors (Lipinski definition) is 2. The van der Waals surface area contributed by atoms with E-state index < -0.39 is 11.9 Å². The first-order chi connectivity index (χ1) is 13.6. The maximum atomic E-state index is 10.8. The number of aliphatic carboxylic acids is 2. The van der Waals surface area contributed by atoms with Gasteiger partial charge < -0.3 is 19.7 Å². The van der Waals surface area contributed by atoms with Gasteiger partial charge in [0.1, 0.15) is 5.75 Å². The lowest BCUT2D eigenvalue weighted by atomic mass is 10.2. The third kappa shape index (κ3) is 9.35. The van der Waals surface area contributed by atoms with Gasteiger partial charge in [-0.3, -0.25) is 15.0 Å². The Balaban J connectivity index is 0.000000612. The molecular formula is C19H28N2O8. The molecule has 2 atom stereocenters. The summed E-state index contributed by atoms with van der Waals surface area (Å²) in [7, 11) is 0. The predicted octanol–water partition coefficient (Wildman–Crippen LogP) is 2.33. The van der Waals surface area contributed by atoms with Crippen molar-refractivity contribution in [2.45, 2.75) is 45.8 Å². The molecular weight excluding hydrogens is 384 g/mol. The first kappa shape index (κ1) is 24.3. The topological polar surface area (TPSA) is 139 Å². The summed E-state index contributed by atoms with van der Waals surface area (Å²) in [5.41, 5.74) is 0.761. The Morgan fingerprint density at radius 3 is 2.28 bits per heavy atom. The zero-order chi connectivity index (χ0) is 22.0. The van der Waals surface area contributed by atoms with Crippen LogP contribution in [0, 0.1) is 17.0 Å². The molecule has 2 unspecified atom stereocenters. The Morgan fingerprint density at radius 2 is 1.79 bits per heavy atom. The van der Waals surface area contributed by atoms with Crippen LogP contribution in [0.3, 0.4) is 0 Å². The fraction of sp³-hybridized carbons (Fsp3) is 0.579. The Hall–Kier alpha value is -2.72. The SMILES string of the molecule is Cc1cc(OCCCCN2CC(C)OC(C)C2)ccc1[N+](=O)[O-].O=C(O)C(=O)O. The van der Waals surface area contributed by atoms with Crippen LogP contribution in [0.1, 0.15) is 32.3 Å². The number of nitro benzene ring substituents is 1. The molecule has 10 nitrogen and oxygen atoms in total. The Morgan fingerprint density at radius 1 is 1.21 bits per heavy atom. The van der Waals surface area contributed by atoms with Gasteiger partial charge in [0.25, 0.3) is 5.69 Å². The molecule has 1 saturated heterocycles. The monoisotopic (exact) mass is 412 g/mol. The van der Waals surface area contributed by atoms with Gasteiger partial charge >= 0.3 is 11.9 Å². The Labute approximate surface area is 169 Å². The van der Waals surface area contributed by atoms with Crippen molar-refractivity contribution in [3.63, 3.8) is 0 Å². The summed E-state index contributed by atoms with van der Waals surface area (Å²) in [4.78, 5) is 31.0. The highest BCUT2D eigenvalue weighted by atomic mass is 16.6. The van der Waals surface area contributed by atoms with E-state index in [2.05, 4.69) is 18.7 Å². The number of aryl methyl sites for hydroxylation is 1. The minimum atomic E-state index is -1.82. The van der Waals surface area contributed by atoms with Gasteiger partial charge in [0.2, 0.25) is 0 Å². The molecule has 0 saturated carbocycles. The lowest BCUT2D eigenvalue weighted by molar-refractivity contribution is -0.385. The molecule has 0 amide bonds. The molecule has 162 valence electrons. The molecule has 1 aliphatic rings. The summed E-state index contributed by atoms with van der Waals surface area (Å²) in [6.07, 6.45) is 2.65. The van der Waals surface area contributed by atoms with E-state index in [1.807, 2.05) is 0 Å². The van der Waals surface area contributed by atoms with Gasteiger partial charge in [0, 0.05) is 24.7 Å². The first-order valence-corrected chi connectivity index (χ1v) is 9.32. The molecule has 0 bridgehead atoms. The molecule has 1 heterocycles. The van der Waals surface area contributed by atoms with Crippen LogP contribution in [0.4, 0.5) is 5.69 Å². The van der Waals surface area contributed by atoms with E-state index in [4.69, 9.17) is 29.3 Å². The molecule has 1 aromatic carbocycles. The standard InChI is InChI=1S/C17H26N2O4.C2H2O4/c1-13-10-16(6-7-17(13)19(20)21)22-9-5-4-8-18-11-14(2)23-15(3)12-18;3-1(4)2(5)6/h6-7,10,14-15H,4-5,8-9,11-12H2,1-3H3;(H,3,4)(H,5,6). The number of benzene rings is 1. The zero-order valence-electron chi connectivity index (χ0n) is 16.9. The number of hydrogen-bond acceptors (Lipinski definition) is 7. The summed E-state index contributed by atoms with van der Waals surface area (Å²) >= 11 is 0. The van der Waals surface area contributed by atoms with Crippen LogP contribution in [-0.2, 0) is 14.3 Å². The number of nitrogens with zero attached hydrogens (tertiary/aromatic N) is 2. The van der Waals surface area contributed by atoms with Crippen LogP contribution < -0.4 is 4.74 Å².